The molecule has 1 aliphatic carbocycles. The van der Waals surface area contributed by atoms with Gasteiger partial charge >= 0.3 is 25.5 Å². The Morgan fingerprint density at radius 3 is 1.50 bits per heavy atom. The Labute approximate surface area is 340 Å². The van der Waals surface area contributed by atoms with Crippen molar-refractivity contribution in [2.24, 2.45) is 5.92 Å². The largest absolute Gasteiger partial charge is 0.463 e. The SMILES string of the molecule is CC(=O)OCCOCCNC(=O)CN(CC(=O)NCCOCCOC(C)=O)C(CCCCNC(=O)C1CCC(OP(C)(=O)O)CC1)C(=O)NCCOCCOC(C)=O. The fraction of sp³-hybridized carbons (Fsp3) is 0.806. The molecule has 1 rings (SSSR count). The summed E-state index contributed by atoms with van der Waals surface area (Å²) in [7, 11) is -3.62. The summed E-state index contributed by atoms with van der Waals surface area (Å²) >= 11 is 0. The molecule has 0 spiro atoms. The van der Waals surface area contributed by atoms with Crippen LogP contribution in [0.2, 0.25) is 0 Å². The Kier molecular flexibility index (Phi) is 28.2. The van der Waals surface area contributed by atoms with Gasteiger partial charge in [0.1, 0.15) is 19.8 Å². The minimum atomic E-state index is -3.62. The van der Waals surface area contributed by atoms with Crippen LogP contribution in [0, 0.1) is 5.92 Å². The van der Waals surface area contributed by atoms with Gasteiger partial charge in [-0.3, -0.25) is 43.0 Å². The highest BCUT2D eigenvalue weighted by Gasteiger charge is 2.31. The van der Waals surface area contributed by atoms with E-state index in [4.69, 9.17) is 32.9 Å². The summed E-state index contributed by atoms with van der Waals surface area (Å²) in [5.41, 5.74) is 0. The van der Waals surface area contributed by atoms with Gasteiger partial charge in [-0.05, 0) is 44.9 Å². The van der Waals surface area contributed by atoms with Crippen molar-refractivity contribution in [2.75, 3.05) is 105 Å². The third-order valence-corrected chi connectivity index (χ3v) is 9.00. The minimum Gasteiger partial charge on any atom is -0.463 e. The lowest BCUT2D eigenvalue weighted by molar-refractivity contribution is -0.143. The average Bonchev–Trinajstić information content (AvgIpc) is 3.14. The van der Waals surface area contributed by atoms with E-state index < -0.39 is 49.3 Å². The first-order chi connectivity index (χ1) is 27.6. The summed E-state index contributed by atoms with van der Waals surface area (Å²) in [5, 5.41) is 11.1. The zero-order chi connectivity index (χ0) is 43.2. The predicted molar refractivity (Wildman–Crippen MR) is 206 cm³/mol. The van der Waals surface area contributed by atoms with Crippen molar-refractivity contribution < 1.29 is 76.0 Å². The van der Waals surface area contributed by atoms with Gasteiger partial charge in [0.05, 0.1) is 64.9 Å². The Hall–Kier alpha value is -3.72. The number of unbranched alkanes of at least 4 members (excludes halogenated alkanes) is 1. The molecule has 0 aromatic rings. The molecule has 58 heavy (non-hydrogen) atoms. The van der Waals surface area contributed by atoms with Crippen molar-refractivity contribution >= 4 is 49.1 Å². The molecule has 0 aliphatic heterocycles. The molecule has 1 aliphatic rings. The van der Waals surface area contributed by atoms with Crippen molar-refractivity contribution in [3.63, 3.8) is 0 Å². The smallest absolute Gasteiger partial charge is 0.325 e. The Balaban J connectivity index is 2.90. The molecule has 4 amide bonds. The van der Waals surface area contributed by atoms with Gasteiger partial charge in [0, 0.05) is 59.5 Å². The van der Waals surface area contributed by atoms with Crippen LogP contribution in [0.1, 0.15) is 65.7 Å². The van der Waals surface area contributed by atoms with Crippen LogP contribution in [0.5, 0.6) is 0 Å². The maximum Gasteiger partial charge on any atom is 0.325 e. The lowest BCUT2D eigenvalue weighted by Crippen LogP contribution is -2.54. The molecule has 22 heteroatoms. The molecule has 21 nitrogen and oxygen atoms in total. The number of amides is 4. The van der Waals surface area contributed by atoms with Crippen molar-refractivity contribution in [2.45, 2.75) is 77.9 Å². The monoisotopic (exact) mass is 853 g/mol. The van der Waals surface area contributed by atoms with Crippen LogP contribution in [0.15, 0.2) is 0 Å². The highest BCUT2D eigenvalue weighted by molar-refractivity contribution is 7.51. The van der Waals surface area contributed by atoms with Gasteiger partial charge in [-0.1, -0.05) is 0 Å². The molecule has 2 unspecified atom stereocenters. The molecule has 0 bridgehead atoms. The number of esters is 3. The van der Waals surface area contributed by atoms with E-state index in [1.54, 1.807) is 0 Å². The Morgan fingerprint density at radius 2 is 1.07 bits per heavy atom. The second-order valence-electron chi connectivity index (χ2n) is 13.4. The minimum absolute atomic E-state index is 0.0519. The summed E-state index contributed by atoms with van der Waals surface area (Å²) in [6, 6.07) is -0.954. The van der Waals surface area contributed by atoms with Gasteiger partial charge in [0.2, 0.25) is 23.6 Å². The van der Waals surface area contributed by atoms with Gasteiger partial charge in [-0.25, -0.2) is 0 Å². The number of hydrogen-bond acceptors (Lipinski definition) is 16. The van der Waals surface area contributed by atoms with Crippen LogP contribution in [0.25, 0.3) is 0 Å². The first-order valence-corrected chi connectivity index (χ1v) is 21.5. The summed E-state index contributed by atoms with van der Waals surface area (Å²) in [6.07, 6.45) is 2.80. The molecule has 334 valence electrons. The molecule has 5 N–H and O–H groups in total. The second kappa shape index (κ2) is 31.2. The van der Waals surface area contributed by atoms with E-state index in [0.29, 0.717) is 45.1 Å². The highest BCUT2D eigenvalue weighted by Crippen LogP contribution is 2.42. The third kappa shape index (κ3) is 28.6. The zero-order valence-corrected chi connectivity index (χ0v) is 35.1. The van der Waals surface area contributed by atoms with Crippen LogP contribution in [-0.4, -0.2) is 169 Å². The van der Waals surface area contributed by atoms with E-state index in [1.807, 2.05) is 0 Å². The van der Waals surface area contributed by atoms with E-state index >= 15 is 0 Å². The van der Waals surface area contributed by atoms with Crippen LogP contribution < -0.4 is 21.3 Å². The van der Waals surface area contributed by atoms with Crippen LogP contribution in [0.4, 0.5) is 0 Å². The summed E-state index contributed by atoms with van der Waals surface area (Å²) < 4.78 is 47.4. The number of carbonyl (C=O) groups excluding carboxylic acids is 7. The Bertz CT molecular complexity index is 1270. The maximum absolute atomic E-state index is 13.7. The maximum atomic E-state index is 13.7. The van der Waals surface area contributed by atoms with Gasteiger partial charge in [-0.2, -0.15) is 0 Å². The lowest BCUT2D eigenvalue weighted by atomic mass is 9.87. The van der Waals surface area contributed by atoms with Crippen LogP contribution >= 0.6 is 7.60 Å². The van der Waals surface area contributed by atoms with E-state index in [9.17, 15) is 43.0 Å². The van der Waals surface area contributed by atoms with E-state index in [1.165, 1.54) is 25.7 Å². The van der Waals surface area contributed by atoms with Gasteiger partial charge < -0.3 is 59.1 Å². The number of ether oxygens (including phenoxy) is 6. The van der Waals surface area contributed by atoms with Gasteiger partial charge in [-0.15, -0.1) is 0 Å². The number of hydrogen-bond donors (Lipinski definition) is 5. The van der Waals surface area contributed by atoms with Crippen molar-refractivity contribution in [3.05, 3.63) is 0 Å². The fourth-order valence-electron chi connectivity index (χ4n) is 5.69. The predicted octanol–water partition coefficient (Wildman–Crippen LogP) is -0.578. The molecule has 0 heterocycles. The molecule has 0 saturated heterocycles. The van der Waals surface area contributed by atoms with E-state index in [0.717, 1.165) is 6.66 Å². The van der Waals surface area contributed by atoms with Crippen LogP contribution in [-0.2, 0) is 71.1 Å². The first-order valence-electron chi connectivity index (χ1n) is 19.5. The fourth-order valence-corrected chi connectivity index (χ4v) is 6.45. The zero-order valence-electron chi connectivity index (χ0n) is 34.3. The number of carbonyl (C=O) groups is 7. The third-order valence-electron chi connectivity index (χ3n) is 8.31. The van der Waals surface area contributed by atoms with Crippen molar-refractivity contribution in [1.82, 2.24) is 26.2 Å². The Morgan fingerprint density at radius 1 is 0.621 bits per heavy atom. The van der Waals surface area contributed by atoms with Crippen molar-refractivity contribution in [3.8, 4) is 0 Å². The molecule has 0 aromatic carbocycles. The van der Waals surface area contributed by atoms with Crippen LogP contribution in [0.3, 0.4) is 0 Å². The quantitative estimate of drug-likeness (QED) is 0.0245. The lowest BCUT2D eigenvalue weighted by Gasteiger charge is -2.30. The summed E-state index contributed by atoms with van der Waals surface area (Å²) in [5.74, 6) is -3.14. The molecule has 1 saturated carbocycles. The van der Waals surface area contributed by atoms with Gasteiger partial charge in [0.25, 0.3) is 0 Å². The topological polar surface area (TPSA) is 273 Å². The molecule has 2 atom stereocenters. The molecular formula is C36H64N5O16P. The molecular weight excluding hydrogens is 789 g/mol. The standard InChI is InChI=1S/C36H64N5O16P/c1-27(42)54-22-19-51-16-13-37-33(45)25-41(26-34(46)38-14-17-52-20-23-55-28(2)43)32(36(48)40-15-18-53-21-24-56-29(3)44)7-5-6-12-39-35(47)30-8-10-31(11-9-30)57-58(4,49)50/h30-32H,5-26H2,1-4H3,(H,37,45)(H,38,46)(H,39,47)(H,40,48)(H,49,50). The highest BCUT2D eigenvalue weighted by atomic mass is 31.2. The molecule has 0 aromatic heterocycles. The van der Waals surface area contributed by atoms with Crippen molar-refractivity contribution in [1.29, 1.82) is 0 Å². The first kappa shape index (κ1) is 52.3. The van der Waals surface area contributed by atoms with Gasteiger partial charge in [0.15, 0.2) is 0 Å². The molecule has 0 radical (unpaired) electrons. The number of nitrogens with one attached hydrogen (secondary N) is 4. The number of nitrogens with zero attached hydrogens (tertiary/aromatic N) is 1. The number of rotatable bonds is 32. The summed E-state index contributed by atoms with van der Waals surface area (Å²) in [6.45, 7) is 5.86. The molecule has 1 fully saturated rings. The summed E-state index contributed by atoms with van der Waals surface area (Å²) in [4.78, 5) is 96.5. The second-order valence-corrected chi connectivity index (χ2v) is 15.3. The normalized spacial score (nSPS) is 16.7. The average molecular weight is 854 g/mol. The van der Waals surface area contributed by atoms with E-state index in [-0.39, 0.29) is 117 Å². The van der Waals surface area contributed by atoms with E-state index in [2.05, 4.69) is 21.3 Å².